The largest absolute Gasteiger partial charge is 0.335 e. The summed E-state index contributed by atoms with van der Waals surface area (Å²) in [5.41, 5.74) is 7.07. The van der Waals surface area contributed by atoms with E-state index < -0.39 is 0 Å². The van der Waals surface area contributed by atoms with E-state index in [0.717, 1.165) is 5.56 Å². The molecule has 0 aliphatic carbocycles. The molecule has 0 unspecified atom stereocenters. The third-order valence-electron chi connectivity index (χ3n) is 3.12. The van der Waals surface area contributed by atoms with E-state index in [1.165, 1.54) is 0 Å². The Morgan fingerprint density at radius 2 is 2.10 bits per heavy atom. The summed E-state index contributed by atoms with van der Waals surface area (Å²) in [4.78, 5) is 18.4. The van der Waals surface area contributed by atoms with Gasteiger partial charge in [-0.25, -0.2) is 4.98 Å². The van der Waals surface area contributed by atoms with Crippen LogP contribution in [0, 0.1) is 0 Å². The van der Waals surface area contributed by atoms with Crippen molar-refractivity contribution in [3.63, 3.8) is 0 Å². The molecule has 0 atom stereocenters. The quantitative estimate of drug-likeness (QED) is 0.866. The van der Waals surface area contributed by atoms with Crippen LogP contribution in [0.2, 0.25) is 0 Å². The minimum Gasteiger partial charge on any atom is -0.335 e. The first-order valence-electron chi connectivity index (χ1n) is 6.79. The fourth-order valence-corrected chi connectivity index (χ4v) is 2.03. The van der Waals surface area contributed by atoms with Crippen LogP contribution < -0.4 is 5.73 Å². The Morgan fingerprint density at radius 3 is 2.75 bits per heavy atom. The van der Waals surface area contributed by atoms with Crippen LogP contribution in [-0.4, -0.2) is 33.4 Å². The molecular formula is C15H20N4O. The van der Waals surface area contributed by atoms with Crippen LogP contribution in [0.25, 0.3) is 0 Å². The lowest BCUT2D eigenvalue weighted by Crippen LogP contribution is -2.30. The Labute approximate surface area is 119 Å². The maximum absolute atomic E-state index is 12.4. The summed E-state index contributed by atoms with van der Waals surface area (Å²) in [6.45, 7) is 4.42. The van der Waals surface area contributed by atoms with Crippen LogP contribution in [0.15, 0.2) is 42.9 Å². The first-order chi connectivity index (χ1) is 9.74. The second-order valence-electron chi connectivity index (χ2n) is 4.59. The summed E-state index contributed by atoms with van der Waals surface area (Å²) in [5, 5.41) is 0. The molecule has 5 heteroatoms. The first-order valence-corrected chi connectivity index (χ1v) is 6.79. The summed E-state index contributed by atoms with van der Waals surface area (Å²) >= 11 is 0. The van der Waals surface area contributed by atoms with Crippen molar-refractivity contribution >= 4 is 5.91 Å². The monoisotopic (exact) mass is 272 g/mol. The molecule has 2 N–H and O–H groups in total. The zero-order valence-corrected chi connectivity index (χ0v) is 11.7. The smallest absolute Gasteiger partial charge is 0.274 e. The van der Waals surface area contributed by atoms with Crippen molar-refractivity contribution in [1.82, 2.24) is 14.5 Å². The third kappa shape index (κ3) is 3.45. The Kier molecular flexibility index (Phi) is 4.90. The second-order valence-corrected chi connectivity index (χ2v) is 4.59. The molecule has 0 fully saturated rings. The van der Waals surface area contributed by atoms with Crippen LogP contribution >= 0.6 is 0 Å². The van der Waals surface area contributed by atoms with E-state index in [9.17, 15) is 4.79 Å². The summed E-state index contributed by atoms with van der Waals surface area (Å²) in [7, 11) is 0. The van der Waals surface area contributed by atoms with Gasteiger partial charge in [0.25, 0.3) is 5.91 Å². The number of carbonyl (C=O) groups is 1. The minimum atomic E-state index is -0.0490. The van der Waals surface area contributed by atoms with Crippen molar-refractivity contribution < 1.29 is 4.79 Å². The van der Waals surface area contributed by atoms with Gasteiger partial charge in [-0.3, -0.25) is 4.79 Å². The summed E-state index contributed by atoms with van der Waals surface area (Å²) in [6.07, 6.45) is 3.40. The normalized spacial score (nSPS) is 10.5. The molecule has 5 nitrogen and oxygen atoms in total. The first kappa shape index (κ1) is 14.3. The van der Waals surface area contributed by atoms with Gasteiger partial charge in [-0.05, 0) is 12.5 Å². The number of benzene rings is 1. The van der Waals surface area contributed by atoms with Gasteiger partial charge < -0.3 is 15.2 Å². The number of nitrogens with zero attached hydrogens (tertiary/aromatic N) is 3. The number of nitrogens with two attached hydrogens (primary N) is 1. The molecule has 0 aliphatic rings. The van der Waals surface area contributed by atoms with E-state index in [2.05, 4.69) is 4.98 Å². The SMILES string of the molecule is CCN(Cc1ccccc1)C(=O)c1cn(CCN)cn1. The van der Waals surface area contributed by atoms with Crippen molar-refractivity contribution in [2.45, 2.75) is 20.0 Å². The fourth-order valence-electron chi connectivity index (χ4n) is 2.03. The van der Waals surface area contributed by atoms with Crippen molar-refractivity contribution in [2.24, 2.45) is 5.73 Å². The van der Waals surface area contributed by atoms with Crippen LogP contribution in [0.4, 0.5) is 0 Å². The molecule has 1 amide bonds. The maximum atomic E-state index is 12.4. The lowest BCUT2D eigenvalue weighted by molar-refractivity contribution is 0.0747. The van der Waals surface area contributed by atoms with Gasteiger partial charge >= 0.3 is 0 Å². The van der Waals surface area contributed by atoms with E-state index in [-0.39, 0.29) is 5.91 Å². The molecule has 1 aromatic heterocycles. The molecule has 0 radical (unpaired) electrons. The molecule has 2 rings (SSSR count). The molecule has 106 valence electrons. The summed E-state index contributed by atoms with van der Waals surface area (Å²) in [5.74, 6) is -0.0490. The summed E-state index contributed by atoms with van der Waals surface area (Å²) in [6, 6.07) is 9.95. The standard InChI is InChI=1S/C15H20N4O/c1-2-19(10-13-6-4-3-5-7-13)15(20)14-11-18(9-8-16)12-17-14/h3-7,11-12H,2,8-10,16H2,1H3. The van der Waals surface area contributed by atoms with Gasteiger partial charge in [0.2, 0.25) is 0 Å². The van der Waals surface area contributed by atoms with Crippen molar-refractivity contribution in [2.75, 3.05) is 13.1 Å². The molecular weight excluding hydrogens is 252 g/mol. The fraction of sp³-hybridized carbons (Fsp3) is 0.333. The Morgan fingerprint density at radius 1 is 1.35 bits per heavy atom. The zero-order valence-electron chi connectivity index (χ0n) is 11.7. The zero-order chi connectivity index (χ0) is 14.4. The highest BCUT2D eigenvalue weighted by atomic mass is 16.2. The molecule has 0 spiro atoms. The molecule has 0 bridgehead atoms. The van der Waals surface area contributed by atoms with Crippen LogP contribution in [0.1, 0.15) is 23.0 Å². The molecule has 2 aromatic rings. The second kappa shape index (κ2) is 6.86. The molecule has 0 saturated heterocycles. The predicted molar refractivity (Wildman–Crippen MR) is 78.1 cm³/mol. The molecule has 0 saturated carbocycles. The highest BCUT2D eigenvalue weighted by Gasteiger charge is 2.16. The van der Waals surface area contributed by atoms with E-state index >= 15 is 0 Å². The Bertz CT molecular complexity index is 550. The average Bonchev–Trinajstić information content (AvgIpc) is 2.94. The van der Waals surface area contributed by atoms with Gasteiger partial charge in [0.1, 0.15) is 5.69 Å². The number of rotatable bonds is 6. The van der Waals surface area contributed by atoms with Gasteiger partial charge in [-0.2, -0.15) is 0 Å². The Hall–Kier alpha value is -2.14. The lowest BCUT2D eigenvalue weighted by Gasteiger charge is -2.19. The van der Waals surface area contributed by atoms with Gasteiger partial charge in [-0.15, -0.1) is 0 Å². The molecule has 1 heterocycles. The number of carbonyl (C=O) groups excluding carboxylic acids is 1. The highest BCUT2D eigenvalue weighted by molar-refractivity contribution is 5.92. The van der Waals surface area contributed by atoms with Crippen LogP contribution in [0.3, 0.4) is 0 Å². The van der Waals surface area contributed by atoms with Gasteiger partial charge in [0.05, 0.1) is 6.33 Å². The van der Waals surface area contributed by atoms with E-state index in [1.54, 1.807) is 17.4 Å². The van der Waals surface area contributed by atoms with Gasteiger partial charge in [0, 0.05) is 32.4 Å². The van der Waals surface area contributed by atoms with Crippen molar-refractivity contribution in [1.29, 1.82) is 0 Å². The van der Waals surface area contributed by atoms with Crippen LogP contribution in [-0.2, 0) is 13.1 Å². The number of hydrogen-bond acceptors (Lipinski definition) is 3. The van der Waals surface area contributed by atoms with E-state index in [0.29, 0.717) is 31.9 Å². The molecule has 1 aromatic carbocycles. The van der Waals surface area contributed by atoms with Crippen molar-refractivity contribution in [3.8, 4) is 0 Å². The topological polar surface area (TPSA) is 64.2 Å². The molecule has 20 heavy (non-hydrogen) atoms. The average molecular weight is 272 g/mol. The Balaban J connectivity index is 2.08. The van der Waals surface area contributed by atoms with Gasteiger partial charge in [-0.1, -0.05) is 30.3 Å². The maximum Gasteiger partial charge on any atom is 0.274 e. The van der Waals surface area contributed by atoms with Crippen molar-refractivity contribution in [3.05, 3.63) is 54.1 Å². The summed E-state index contributed by atoms with van der Waals surface area (Å²) < 4.78 is 1.84. The lowest BCUT2D eigenvalue weighted by atomic mass is 10.2. The molecule has 0 aliphatic heterocycles. The predicted octanol–water partition coefficient (Wildman–Crippen LogP) is 1.50. The number of amides is 1. The van der Waals surface area contributed by atoms with E-state index in [4.69, 9.17) is 5.73 Å². The minimum absolute atomic E-state index is 0.0490. The van der Waals surface area contributed by atoms with Gasteiger partial charge in [0.15, 0.2) is 0 Å². The van der Waals surface area contributed by atoms with E-state index in [1.807, 2.05) is 41.8 Å². The highest BCUT2D eigenvalue weighted by Crippen LogP contribution is 2.08. The van der Waals surface area contributed by atoms with Crippen LogP contribution in [0.5, 0.6) is 0 Å². The number of imidazole rings is 1. The third-order valence-corrected chi connectivity index (χ3v) is 3.12. The number of hydrogen-bond donors (Lipinski definition) is 1. The number of aromatic nitrogens is 2.